The minimum Gasteiger partial charge on any atom is -0.368 e. The molecule has 0 spiro atoms. The largest absolute Gasteiger partial charge is 0.368 e. The maximum Gasteiger partial charge on any atom is 0.147 e. The van der Waals surface area contributed by atoms with Crippen LogP contribution in [0.5, 0.6) is 0 Å². The number of aromatic nitrogens is 2. The molecule has 5 heteroatoms. The van der Waals surface area contributed by atoms with Crippen LogP contribution < -0.4 is 10.6 Å². The fourth-order valence-corrected chi connectivity index (χ4v) is 2.37. The van der Waals surface area contributed by atoms with Crippen LogP contribution in [0.1, 0.15) is 5.56 Å². The first-order valence-corrected chi connectivity index (χ1v) is 5.78. The molecule has 0 bridgehead atoms. The lowest BCUT2D eigenvalue weighted by Gasteiger charge is -2.05. The van der Waals surface area contributed by atoms with Gasteiger partial charge in [-0.3, -0.25) is 0 Å². The van der Waals surface area contributed by atoms with Crippen LogP contribution in [0.4, 0.5) is 5.82 Å². The van der Waals surface area contributed by atoms with Crippen molar-refractivity contribution in [2.45, 2.75) is 6.92 Å². The Hall–Kier alpha value is -1.20. The number of aryl methyl sites for hydroxylation is 1. The van der Waals surface area contributed by atoms with Crippen molar-refractivity contribution in [3.63, 3.8) is 0 Å². The van der Waals surface area contributed by atoms with E-state index in [1.54, 1.807) is 17.7 Å². The summed E-state index contributed by atoms with van der Waals surface area (Å²) in [5, 5.41) is 8.50. The van der Waals surface area contributed by atoms with E-state index in [0.29, 0.717) is 0 Å². The molecule has 2 rings (SSSR count). The fourth-order valence-electron chi connectivity index (χ4n) is 1.40. The highest BCUT2D eigenvalue weighted by atomic mass is 32.1. The highest BCUT2D eigenvalue weighted by Crippen LogP contribution is 2.28. The van der Waals surface area contributed by atoms with E-state index in [4.69, 9.17) is 0 Å². The number of hydrogen-bond donors (Lipinski definition) is 2. The van der Waals surface area contributed by atoms with E-state index in [1.807, 2.05) is 7.05 Å². The van der Waals surface area contributed by atoms with E-state index < -0.39 is 0 Å². The average molecular weight is 222 g/mol. The van der Waals surface area contributed by atoms with Crippen molar-refractivity contribution in [2.75, 3.05) is 25.5 Å². The molecule has 0 aliphatic heterocycles. The summed E-state index contributed by atoms with van der Waals surface area (Å²) in [5.74, 6) is 0.938. The number of thiophene rings is 1. The van der Waals surface area contributed by atoms with Crippen LogP contribution >= 0.6 is 11.3 Å². The number of anilines is 1. The second-order valence-electron chi connectivity index (χ2n) is 3.35. The Labute approximate surface area is 92.8 Å². The maximum atomic E-state index is 4.27. The molecule has 2 N–H and O–H groups in total. The monoisotopic (exact) mass is 222 g/mol. The van der Waals surface area contributed by atoms with Gasteiger partial charge < -0.3 is 10.6 Å². The molecule has 0 aliphatic rings. The van der Waals surface area contributed by atoms with Crippen LogP contribution in [-0.4, -0.2) is 30.1 Å². The molecule has 15 heavy (non-hydrogen) atoms. The zero-order valence-electron chi connectivity index (χ0n) is 8.87. The van der Waals surface area contributed by atoms with Crippen LogP contribution in [0.25, 0.3) is 10.2 Å². The summed E-state index contributed by atoms with van der Waals surface area (Å²) in [7, 11) is 1.94. The predicted molar refractivity (Wildman–Crippen MR) is 64.6 cm³/mol. The van der Waals surface area contributed by atoms with Crippen molar-refractivity contribution < 1.29 is 0 Å². The summed E-state index contributed by atoms with van der Waals surface area (Å²) in [6.07, 6.45) is 1.61. The van der Waals surface area contributed by atoms with Crippen LogP contribution in [0.2, 0.25) is 0 Å². The van der Waals surface area contributed by atoms with Gasteiger partial charge in [0, 0.05) is 13.1 Å². The minimum atomic E-state index is 0.875. The molecule has 80 valence electrons. The zero-order chi connectivity index (χ0) is 10.7. The lowest BCUT2D eigenvalue weighted by atomic mass is 10.3. The quantitative estimate of drug-likeness (QED) is 0.772. The third-order valence-electron chi connectivity index (χ3n) is 2.20. The normalized spacial score (nSPS) is 10.8. The molecule has 4 nitrogen and oxygen atoms in total. The second kappa shape index (κ2) is 4.55. The smallest absolute Gasteiger partial charge is 0.147 e. The summed E-state index contributed by atoms with van der Waals surface area (Å²) >= 11 is 1.69. The fraction of sp³-hybridized carbons (Fsp3) is 0.400. The SMILES string of the molecule is CNCCNc1ncnc2c(C)csc12. The van der Waals surface area contributed by atoms with E-state index in [0.717, 1.165) is 29.1 Å². The number of hydrogen-bond acceptors (Lipinski definition) is 5. The molecule has 0 amide bonds. The van der Waals surface area contributed by atoms with Gasteiger partial charge in [0.25, 0.3) is 0 Å². The summed E-state index contributed by atoms with van der Waals surface area (Å²) in [5.41, 5.74) is 2.27. The molecule has 2 aromatic heterocycles. The van der Waals surface area contributed by atoms with Gasteiger partial charge in [0.1, 0.15) is 12.1 Å². The third-order valence-corrected chi connectivity index (χ3v) is 3.29. The van der Waals surface area contributed by atoms with E-state index in [1.165, 1.54) is 5.56 Å². The van der Waals surface area contributed by atoms with Crippen molar-refractivity contribution in [3.05, 3.63) is 17.3 Å². The van der Waals surface area contributed by atoms with Crippen molar-refractivity contribution >= 4 is 27.4 Å². The van der Waals surface area contributed by atoms with Gasteiger partial charge in [0.2, 0.25) is 0 Å². The first-order chi connectivity index (χ1) is 7.33. The van der Waals surface area contributed by atoms with Gasteiger partial charge in [0.15, 0.2) is 0 Å². The lowest BCUT2D eigenvalue weighted by molar-refractivity contribution is 0.822. The average Bonchev–Trinajstić information content (AvgIpc) is 2.62. The Balaban J connectivity index is 2.26. The van der Waals surface area contributed by atoms with E-state index in [-0.39, 0.29) is 0 Å². The van der Waals surface area contributed by atoms with Gasteiger partial charge in [-0.2, -0.15) is 0 Å². The Morgan fingerprint density at radius 1 is 1.33 bits per heavy atom. The Morgan fingerprint density at radius 2 is 2.20 bits per heavy atom. The summed E-state index contributed by atoms with van der Waals surface area (Å²) in [4.78, 5) is 8.53. The number of nitrogens with zero attached hydrogens (tertiary/aromatic N) is 2. The molecule has 0 saturated carbocycles. The van der Waals surface area contributed by atoms with Crippen molar-refractivity contribution in [1.29, 1.82) is 0 Å². The molecular formula is C10H14N4S. The van der Waals surface area contributed by atoms with Crippen molar-refractivity contribution in [1.82, 2.24) is 15.3 Å². The molecule has 0 unspecified atom stereocenters. The highest BCUT2D eigenvalue weighted by Gasteiger charge is 2.06. The first kappa shape index (κ1) is 10.3. The Kier molecular flexibility index (Phi) is 3.13. The molecule has 0 aromatic carbocycles. The topological polar surface area (TPSA) is 49.8 Å². The third kappa shape index (κ3) is 2.08. The molecule has 0 atom stereocenters. The molecule has 0 fully saturated rings. The number of rotatable bonds is 4. The molecule has 0 radical (unpaired) electrons. The van der Waals surface area contributed by atoms with Gasteiger partial charge in [0.05, 0.1) is 10.2 Å². The zero-order valence-corrected chi connectivity index (χ0v) is 9.69. The van der Waals surface area contributed by atoms with Crippen LogP contribution in [0.15, 0.2) is 11.7 Å². The van der Waals surface area contributed by atoms with Crippen molar-refractivity contribution in [2.24, 2.45) is 0 Å². The van der Waals surface area contributed by atoms with E-state index in [2.05, 4.69) is 32.9 Å². The summed E-state index contributed by atoms with van der Waals surface area (Å²) in [6.45, 7) is 3.87. The van der Waals surface area contributed by atoms with E-state index in [9.17, 15) is 0 Å². The lowest BCUT2D eigenvalue weighted by Crippen LogP contribution is -2.18. The van der Waals surface area contributed by atoms with Crippen LogP contribution in [0, 0.1) is 6.92 Å². The maximum absolute atomic E-state index is 4.27. The molecule has 2 aromatic rings. The highest BCUT2D eigenvalue weighted by molar-refractivity contribution is 7.18. The molecular weight excluding hydrogens is 208 g/mol. The first-order valence-electron chi connectivity index (χ1n) is 4.90. The van der Waals surface area contributed by atoms with Gasteiger partial charge in [-0.25, -0.2) is 9.97 Å². The number of likely N-dealkylation sites (N-methyl/N-ethyl adjacent to an activating group) is 1. The van der Waals surface area contributed by atoms with Crippen LogP contribution in [0.3, 0.4) is 0 Å². The molecule has 0 saturated heterocycles. The molecule has 0 aliphatic carbocycles. The van der Waals surface area contributed by atoms with Crippen molar-refractivity contribution in [3.8, 4) is 0 Å². The summed E-state index contributed by atoms with van der Waals surface area (Å²) in [6, 6.07) is 0. The Morgan fingerprint density at radius 3 is 3.00 bits per heavy atom. The predicted octanol–water partition coefficient (Wildman–Crippen LogP) is 1.63. The van der Waals surface area contributed by atoms with Gasteiger partial charge in [-0.15, -0.1) is 11.3 Å². The number of fused-ring (bicyclic) bond motifs is 1. The van der Waals surface area contributed by atoms with Gasteiger partial charge in [-0.1, -0.05) is 0 Å². The van der Waals surface area contributed by atoms with Gasteiger partial charge in [-0.05, 0) is 24.9 Å². The van der Waals surface area contributed by atoms with E-state index >= 15 is 0 Å². The van der Waals surface area contributed by atoms with Gasteiger partial charge >= 0.3 is 0 Å². The van der Waals surface area contributed by atoms with Crippen LogP contribution in [-0.2, 0) is 0 Å². The number of nitrogens with one attached hydrogen (secondary N) is 2. The Bertz CT molecular complexity index is 452. The second-order valence-corrected chi connectivity index (χ2v) is 4.23. The standard InChI is InChI=1S/C10H14N4S/c1-7-5-15-9-8(7)13-6-14-10(9)12-4-3-11-2/h5-6,11H,3-4H2,1-2H3,(H,12,13,14). The molecule has 2 heterocycles. The summed E-state index contributed by atoms with van der Waals surface area (Å²) < 4.78 is 1.14. The minimum absolute atomic E-state index is 0.875.